The van der Waals surface area contributed by atoms with Crippen LogP contribution in [-0.4, -0.2) is 18.5 Å². The number of amides is 1. The van der Waals surface area contributed by atoms with Crippen LogP contribution in [0.25, 0.3) is 0 Å². The molecule has 1 amide bonds. The van der Waals surface area contributed by atoms with E-state index in [2.05, 4.69) is 12.2 Å². The topological polar surface area (TPSA) is 64.4 Å². The lowest BCUT2D eigenvalue weighted by Gasteiger charge is -2.13. The molecule has 2 aromatic rings. The van der Waals surface area contributed by atoms with Crippen LogP contribution in [0.1, 0.15) is 95.1 Å². The van der Waals surface area contributed by atoms with Crippen molar-refractivity contribution in [3.8, 4) is 5.75 Å². The van der Waals surface area contributed by atoms with Crippen LogP contribution in [0, 0.1) is 0 Å². The molecule has 0 fully saturated rings. The van der Waals surface area contributed by atoms with Crippen LogP contribution in [0.2, 0.25) is 0 Å². The van der Waals surface area contributed by atoms with Gasteiger partial charge in [-0.25, -0.2) is 0 Å². The third kappa shape index (κ3) is 12.8. The second kappa shape index (κ2) is 18.1. The van der Waals surface area contributed by atoms with E-state index < -0.39 is 6.04 Å². The highest BCUT2D eigenvalue weighted by atomic mass is 16.5. The van der Waals surface area contributed by atoms with Gasteiger partial charge in [-0.1, -0.05) is 120 Å². The largest absolute Gasteiger partial charge is 0.489 e. The Morgan fingerprint density at radius 3 is 1.91 bits per heavy atom. The van der Waals surface area contributed by atoms with Crippen molar-refractivity contribution >= 4 is 5.91 Å². The molecule has 2 aromatic carbocycles. The molecule has 0 unspecified atom stereocenters. The Labute approximate surface area is 207 Å². The number of benzene rings is 2. The molecule has 3 N–H and O–H groups in total. The van der Waals surface area contributed by atoms with Crippen LogP contribution in [0.4, 0.5) is 0 Å². The number of unbranched alkanes of at least 4 members (excludes halogenated alkanes) is 11. The zero-order chi connectivity index (χ0) is 24.3. The molecule has 0 aliphatic carbocycles. The van der Waals surface area contributed by atoms with Crippen molar-refractivity contribution in [3.05, 3.63) is 65.7 Å². The molecule has 0 radical (unpaired) electrons. The lowest BCUT2D eigenvalue weighted by Crippen LogP contribution is -2.42. The van der Waals surface area contributed by atoms with E-state index in [1.165, 1.54) is 70.6 Å². The fourth-order valence-corrected chi connectivity index (χ4v) is 4.12. The highest BCUT2D eigenvalue weighted by molar-refractivity contribution is 5.81. The van der Waals surface area contributed by atoms with Gasteiger partial charge in [0, 0.05) is 6.54 Å². The molecule has 2 rings (SSSR count). The highest BCUT2D eigenvalue weighted by Gasteiger charge is 2.13. The minimum atomic E-state index is -0.520. The quantitative estimate of drug-likeness (QED) is 0.220. The Morgan fingerprint density at radius 2 is 1.32 bits per heavy atom. The van der Waals surface area contributed by atoms with Gasteiger partial charge >= 0.3 is 0 Å². The molecule has 0 aliphatic rings. The summed E-state index contributed by atoms with van der Waals surface area (Å²) in [5.74, 6) is 0.755. The van der Waals surface area contributed by atoms with Crippen molar-refractivity contribution in [1.29, 1.82) is 0 Å². The van der Waals surface area contributed by atoms with Gasteiger partial charge in [0.1, 0.15) is 12.4 Å². The molecule has 188 valence electrons. The number of nitrogens with one attached hydrogen (secondary N) is 1. The summed E-state index contributed by atoms with van der Waals surface area (Å²) < 4.78 is 5.82. The number of rotatable bonds is 19. The minimum Gasteiger partial charge on any atom is -0.489 e. The molecule has 1 atom stereocenters. The highest BCUT2D eigenvalue weighted by Crippen LogP contribution is 2.15. The van der Waals surface area contributed by atoms with Crippen LogP contribution in [-0.2, 0) is 17.8 Å². The lowest BCUT2D eigenvalue weighted by atomic mass is 10.0. The SMILES string of the molecule is CCCCCCCCCCCCCCNC(=O)[C@@H](N)Cc1ccc(OCc2ccccc2)cc1. The Hall–Kier alpha value is -2.33. The van der Waals surface area contributed by atoms with Crippen molar-refractivity contribution in [1.82, 2.24) is 5.32 Å². The van der Waals surface area contributed by atoms with Gasteiger partial charge in [0.05, 0.1) is 6.04 Å². The van der Waals surface area contributed by atoms with E-state index in [1.54, 1.807) is 0 Å². The van der Waals surface area contributed by atoms with Gasteiger partial charge in [-0.3, -0.25) is 4.79 Å². The molecular formula is C30H46N2O2. The van der Waals surface area contributed by atoms with Crippen LogP contribution in [0.3, 0.4) is 0 Å². The Morgan fingerprint density at radius 1 is 0.765 bits per heavy atom. The third-order valence-corrected chi connectivity index (χ3v) is 6.29. The molecule has 0 saturated carbocycles. The van der Waals surface area contributed by atoms with E-state index in [4.69, 9.17) is 10.5 Å². The van der Waals surface area contributed by atoms with E-state index in [9.17, 15) is 4.79 Å². The fraction of sp³-hybridized carbons (Fsp3) is 0.567. The molecule has 34 heavy (non-hydrogen) atoms. The van der Waals surface area contributed by atoms with Crippen LogP contribution >= 0.6 is 0 Å². The fourth-order valence-electron chi connectivity index (χ4n) is 4.12. The van der Waals surface area contributed by atoms with Crippen LogP contribution < -0.4 is 15.8 Å². The molecule has 0 saturated heterocycles. The smallest absolute Gasteiger partial charge is 0.237 e. The molecule has 0 aromatic heterocycles. The minimum absolute atomic E-state index is 0.0625. The lowest BCUT2D eigenvalue weighted by molar-refractivity contribution is -0.122. The second-order valence-corrected chi connectivity index (χ2v) is 9.41. The first-order chi connectivity index (χ1) is 16.7. The molecule has 0 bridgehead atoms. The Bertz CT molecular complexity index is 761. The van der Waals surface area contributed by atoms with E-state index in [0.717, 1.165) is 29.8 Å². The predicted octanol–water partition coefficient (Wildman–Crippen LogP) is 6.95. The maximum absolute atomic E-state index is 12.3. The van der Waals surface area contributed by atoms with Crippen molar-refractivity contribution in [2.75, 3.05) is 6.54 Å². The number of nitrogens with two attached hydrogens (primary N) is 1. The van der Waals surface area contributed by atoms with Gasteiger partial charge in [0.25, 0.3) is 0 Å². The van der Waals surface area contributed by atoms with Gasteiger partial charge in [0.2, 0.25) is 5.91 Å². The maximum atomic E-state index is 12.3. The normalized spacial score (nSPS) is 11.8. The average molecular weight is 467 g/mol. The first-order valence-corrected chi connectivity index (χ1v) is 13.5. The van der Waals surface area contributed by atoms with Crippen molar-refractivity contribution < 1.29 is 9.53 Å². The van der Waals surface area contributed by atoms with Gasteiger partial charge in [-0.05, 0) is 36.1 Å². The summed E-state index contributed by atoms with van der Waals surface area (Å²) in [6.45, 7) is 3.53. The summed E-state index contributed by atoms with van der Waals surface area (Å²) in [4.78, 5) is 12.3. The first kappa shape index (κ1) is 27.9. The van der Waals surface area contributed by atoms with Gasteiger partial charge < -0.3 is 15.8 Å². The van der Waals surface area contributed by atoms with Crippen molar-refractivity contribution in [2.24, 2.45) is 5.73 Å². The summed E-state index contributed by atoms with van der Waals surface area (Å²) in [5.41, 5.74) is 8.31. The van der Waals surface area contributed by atoms with Gasteiger partial charge in [-0.2, -0.15) is 0 Å². The number of carbonyl (C=O) groups is 1. The van der Waals surface area contributed by atoms with Crippen LogP contribution in [0.15, 0.2) is 54.6 Å². The summed E-state index contributed by atoms with van der Waals surface area (Å²) >= 11 is 0. The number of ether oxygens (including phenoxy) is 1. The maximum Gasteiger partial charge on any atom is 0.237 e. The molecule has 0 spiro atoms. The summed E-state index contributed by atoms with van der Waals surface area (Å²) in [7, 11) is 0. The molecule has 0 heterocycles. The first-order valence-electron chi connectivity index (χ1n) is 13.5. The number of hydrogen-bond donors (Lipinski definition) is 2. The Kier molecular flexibility index (Phi) is 14.8. The summed E-state index contributed by atoms with van der Waals surface area (Å²) in [6, 6.07) is 17.4. The number of hydrogen-bond acceptors (Lipinski definition) is 3. The average Bonchev–Trinajstić information content (AvgIpc) is 2.87. The molecule has 4 nitrogen and oxygen atoms in total. The predicted molar refractivity (Wildman–Crippen MR) is 143 cm³/mol. The van der Waals surface area contributed by atoms with E-state index in [-0.39, 0.29) is 5.91 Å². The zero-order valence-electron chi connectivity index (χ0n) is 21.3. The number of carbonyl (C=O) groups excluding carboxylic acids is 1. The zero-order valence-corrected chi connectivity index (χ0v) is 21.3. The molecular weight excluding hydrogens is 420 g/mol. The summed E-state index contributed by atoms with van der Waals surface area (Å²) in [6.07, 6.45) is 16.4. The third-order valence-electron chi connectivity index (χ3n) is 6.29. The van der Waals surface area contributed by atoms with E-state index in [0.29, 0.717) is 13.0 Å². The van der Waals surface area contributed by atoms with Crippen molar-refractivity contribution in [2.45, 2.75) is 103 Å². The monoisotopic (exact) mass is 466 g/mol. The standard InChI is InChI=1S/C30H46N2O2/c1-2-3-4-5-6-7-8-9-10-11-12-16-23-32-30(33)29(31)24-26-19-21-28(22-20-26)34-25-27-17-14-13-15-18-27/h13-15,17-22,29H,2-12,16,23-25,31H2,1H3,(H,32,33)/t29-/m0/s1. The van der Waals surface area contributed by atoms with E-state index >= 15 is 0 Å². The second-order valence-electron chi connectivity index (χ2n) is 9.41. The molecule has 0 aliphatic heterocycles. The van der Waals surface area contributed by atoms with Crippen LogP contribution in [0.5, 0.6) is 5.75 Å². The van der Waals surface area contributed by atoms with Crippen molar-refractivity contribution in [3.63, 3.8) is 0 Å². The van der Waals surface area contributed by atoms with Gasteiger partial charge in [-0.15, -0.1) is 0 Å². The van der Waals surface area contributed by atoms with Gasteiger partial charge in [0.15, 0.2) is 0 Å². The Balaban J connectivity index is 1.48. The van der Waals surface area contributed by atoms with E-state index in [1.807, 2.05) is 54.6 Å². The molecule has 4 heteroatoms. The summed E-state index contributed by atoms with van der Waals surface area (Å²) in [5, 5.41) is 3.00.